The van der Waals surface area contributed by atoms with E-state index in [0.717, 1.165) is 35.3 Å². The molecule has 0 spiro atoms. The van der Waals surface area contributed by atoms with Crippen LogP contribution >= 0.6 is 0 Å². The number of guanidine groups is 1. The van der Waals surface area contributed by atoms with Crippen LogP contribution in [0, 0.1) is 0 Å². The first-order chi connectivity index (χ1) is 13.4. The van der Waals surface area contributed by atoms with Gasteiger partial charge in [-0.1, -0.05) is 19.9 Å². The van der Waals surface area contributed by atoms with E-state index in [4.69, 9.17) is 9.47 Å². The van der Waals surface area contributed by atoms with Gasteiger partial charge in [0.25, 0.3) is 0 Å². The van der Waals surface area contributed by atoms with Gasteiger partial charge in [0.2, 0.25) is 0 Å². The Kier molecular flexibility index (Phi) is 7.72. The lowest BCUT2D eigenvalue weighted by Crippen LogP contribution is -2.38. The summed E-state index contributed by atoms with van der Waals surface area (Å²) in [6, 6.07) is 5.96. The van der Waals surface area contributed by atoms with Gasteiger partial charge in [0.05, 0.1) is 19.4 Å². The van der Waals surface area contributed by atoms with Crippen LogP contribution in [0.15, 0.2) is 29.4 Å². The minimum absolute atomic E-state index is 0.385. The lowest BCUT2D eigenvalue weighted by molar-refractivity contribution is 0.310. The number of hydrogen-bond donors (Lipinski definition) is 1. The van der Waals surface area contributed by atoms with Gasteiger partial charge in [-0.05, 0) is 30.5 Å². The molecule has 2 rings (SSSR count). The molecule has 1 aromatic heterocycles. The second kappa shape index (κ2) is 10.0. The molecule has 28 heavy (non-hydrogen) atoms. The lowest BCUT2D eigenvalue weighted by atomic mass is 10.1. The number of nitrogens with zero attached hydrogens (tertiary/aromatic N) is 4. The van der Waals surface area contributed by atoms with Crippen molar-refractivity contribution in [1.82, 2.24) is 20.0 Å². The highest BCUT2D eigenvalue weighted by Gasteiger charge is 2.15. The molecular formula is C21H33N5O2. The van der Waals surface area contributed by atoms with Crippen molar-refractivity contribution in [2.24, 2.45) is 12.0 Å². The monoisotopic (exact) mass is 387 g/mol. The van der Waals surface area contributed by atoms with Gasteiger partial charge < -0.3 is 19.7 Å². The SMILES string of the molecule is CCOc1ccc(CNC(=NC)N(C)Cc2cn(C)nc2C(C)C)cc1OC. The summed E-state index contributed by atoms with van der Waals surface area (Å²) in [6.07, 6.45) is 2.08. The highest BCUT2D eigenvalue weighted by Crippen LogP contribution is 2.28. The van der Waals surface area contributed by atoms with Crippen molar-refractivity contribution in [3.8, 4) is 11.5 Å². The molecule has 0 bridgehead atoms. The third-order valence-electron chi connectivity index (χ3n) is 4.44. The van der Waals surface area contributed by atoms with Crippen LogP contribution in [0.2, 0.25) is 0 Å². The molecule has 2 aromatic rings. The molecule has 0 fully saturated rings. The first kappa shape index (κ1) is 21.6. The van der Waals surface area contributed by atoms with E-state index in [1.165, 1.54) is 5.56 Å². The van der Waals surface area contributed by atoms with E-state index in [0.29, 0.717) is 19.1 Å². The maximum Gasteiger partial charge on any atom is 0.193 e. The van der Waals surface area contributed by atoms with Crippen LogP contribution in [0.1, 0.15) is 43.5 Å². The molecule has 0 atom stereocenters. The second-order valence-electron chi connectivity index (χ2n) is 7.04. The van der Waals surface area contributed by atoms with Gasteiger partial charge in [-0.2, -0.15) is 5.10 Å². The van der Waals surface area contributed by atoms with E-state index in [1.54, 1.807) is 14.2 Å². The Morgan fingerprint density at radius 3 is 2.68 bits per heavy atom. The molecule has 0 aliphatic rings. The lowest BCUT2D eigenvalue weighted by Gasteiger charge is -2.22. The Morgan fingerprint density at radius 1 is 1.32 bits per heavy atom. The van der Waals surface area contributed by atoms with Crippen molar-refractivity contribution >= 4 is 5.96 Å². The van der Waals surface area contributed by atoms with Crippen LogP contribution in [0.25, 0.3) is 0 Å². The molecule has 1 heterocycles. The number of aromatic nitrogens is 2. The minimum atomic E-state index is 0.385. The Morgan fingerprint density at radius 2 is 2.07 bits per heavy atom. The van der Waals surface area contributed by atoms with Gasteiger partial charge in [0, 0.05) is 46.0 Å². The van der Waals surface area contributed by atoms with Gasteiger partial charge in [0.15, 0.2) is 17.5 Å². The fraction of sp³-hybridized carbons (Fsp3) is 0.524. The van der Waals surface area contributed by atoms with Crippen molar-refractivity contribution in [2.75, 3.05) is 27.8 Å². The van der Waals surface area contributed by atoms with Gasteiger partial charge in [-0.3, -0.25) is 9.67 Å². The van der Waals surface area contributed by atoms with Crippen molar-refractivity contribution in [3.63, 3.8) is 0 Å². The van der Waals surface area contributed by atoms with Gasteiger partial charge in [-0.25, -0.2) is 0 Å². The molecule has 154 valence electrons. The summed E-state index contributed by atoms with van der Waals surface area (Å²) < 4.78 is 12.9. The molecule has 0 saturated carbocycles. The third kappa shape index (κ3) is 5.41. The molecule has 0 unspecified atom stereocenters. The largest absolute Gasteiger partial charge is 0.493 e. The molecule has 1 N–H and O–H groups in total. The predicted molar refractivity (Wildman–Crippen MR) is 113 cm³/mol. The van der Waals surface area contributed by atoms with E-state index < -0.39 is 0 Å². The molecule has 1 aromatic carbocycles. The zero-order chi connectivity index (χ0) is 20.7. The predicted octanol–water partition coefficient (Wildman–Crippen LogP) is 3.16. The van der Waals surface area contributed by atoms with Gasteiger partial charge in [0.1, 0.15) is 0 Å². The third-order valence-corrected chi connectivity index (χ3v) is 4.44. The fourth-order valence-corrected chi connectivity index (χ4v) is 3.16. The van der Waals surface area contributed by atoms with Crippen molar-refractivity contribution in [1.29, 1.82) is 0 Å². The highest BCUT2D eigenvalue weighted by atomic mass is 16.5. The summed E-state index contributed by atoms with van der Waals surface area (Å²) in [5.74, 6) is 2.71. The zero-order valence-electron chi connectivity index (χ0n) is 18.1. The first-order valence-corrected chi connectivity index (χ1v) is 9.63. The summed E-state index contributed by atoms with van der Waals surface area (Å²) >= 11 is 0. The van der Waals surface area contributed by atoms with Crippen molar-refractivity contribution in [2.45, 2.75) is 39.8 Å². The number of rotatable bonds is 8. The number of benzene rings is 1. The van der Waals surface area contributed by atoms with Crippen LogP contribution in [0.3, 0.4) is 0 Å². The average molecular weight is 388 g/mol. The molecule has 0 amide bonds. The summed E-state index contributed by atoms with van der Waals surface area (Å²) in [5, 5.41) is 8.00. The normalized spacial score (nSPS) is 11.6. The number of methoxy groups -OCH3 is 1. The molecular weight excluding hydrogens is 354 g/mol. The van der Waals surface area contributed by atoms with Crippen LogP contribution in [-0.4, -0.2) is 48.5 Å². The molecule has 7 nitrogen and oxygen atoms in total. The number of hydrogen-bond acceptors (Lipinski definition) is 4. The summed E-state index contributed by atoms with van der Waals surface area (Å²) in [6.45, 7) is 8.29. The minimum Gasteiger partial charge on any atom is -0.493 e. The Labute approximate surface area is 168 Å². The number of aliphatic imine (C=N–C) groups is 1. The van der Waals surface area contributed by atoms with E-state index in [2.05, 4.69) is 40.4 Å². The van der Waals surface area contributed by atoms with Crippen molar-refractivity contribution in [3.05, 3.63) is 41.2 Å². The molecule has 0 aliphatic heterocycles. The number of ether oxygens (including phenoxy) is 2. The average Bonchev–Trinajstić information content (AvgIpc) is 3.03. The number of nitrogens with one attached hydrogen (secondary N) is 1. The first-order valence-electron chi connectivity index (χ1n) is 9.63. The highest BCUT2D eigenvalue weighted by molar-refractivity contribution is 5.79. The maximum absolute atomic E-state index is 5.58. The van der Waals surface area contributed by atoms with E-state index in [-0.39, 0.29) is 0 Å². The van der Waals surface area contributed by atoms with Crippen LogP contribution < -0.4 is 14.8 Å². The summed E-state index contributed by atoms with van der Waals surface area (Å²) in [5.41, 5.74) is 3.44. The Bertz CT molecular complexity index is 798. The van der Waals surface area contributed by atoms with Gasteiger partial charge in [-0.15, -0.1) is 0 Å². The van der Waals surface area contributed by atoms with Gasteiger partial charge >= 0.3 is 0 Å². The standard InChI is InChI=1S/C21H33N5O2/c1-8-28-18-10-9-16(11-19(18)27-7)12-23-21(22-4)25(5)13-17-14-26(6)24-20(17)15(2)3/h9-11,14-15H,8,12-13H2,1-7H3,(H,22,23). The topological polar surface area (TPSA) is 63.9 Å². The van der Waals surface area contributed by atoms with Crippen molar-refractivity contribution < 1.29 is 9.47 Å². The molecule has 0 radical (unpaired) electrons. The van der Waals surface area contributed by atoms with E-state index >= 15 is 0 Å². The second-order valence-corrected chi connectivity index (χ2v) is 7.04. The molecule has 0 aliphatic carbocycles. The maximum atomic E-state index is 5.58. The van der Waals surface area contributed by atoms with E-state index in [9.17, 15) is 0 Å². The fourth-order valence-electron chi connectivity index (χ4n) is 3.16. The Hall–Kier alpha value is -2.70. The summed E-state index contributed by atoms with van der Waals surface area (Å²) in [7, 11) is 7.44. The van der Waals surface area contributed by atoms with Crippen LogP contribution in [-0.2, 0) is 20.1 Å². The Balaban J connectivity index is 2.04. The number of aryl methyl sites for hydroxylation is 1. The summed E-state index contributed by atoms with van der Waals surface area (Å²) in [4.78, 5) is 6.52. The van der Waals surface area contributed by atoms with Crippen LogP contribution in [0.5, 0.6) is 11.5 Å². The van der Waals surface area contributed by atoms with Crippen LogP contribution in [0.4, 0.5) is 0 Å². The smallest absolute Gasteiger partial charge is 0.193 e. The zero-order valence-corrected chi connectivity index (χ0v) is 18.1. The molecule has 7 heteroatoms. The quantitative estimate of drug-likeness (QED) is 0.557. The van der Waals surface area contributed by atoms with E-state index in [1.807, 2.05) is 43.9 Å². The molecule has 0 saturated heterocycles.